The van der Waals surface area contributed by atoms with Crippen LogP contribution in [0.4, 0.5) is 15.8 Å². The molecule has 2 aromatic rings. The van der Waals surface area contributed by atoms with Gasteiger partial charge in [0, 0.05) is 23.4 Å². The molecule has 7 heteroatoms. The number of nitrogens with zero attached hydrogens (tertiary/aromatic N) is 1. The van der Waals surface area contributed by atoms with E-state index in [0.29, 0.717) is 42.6 Å². The maximum atomic E-state index is 14.7. The molecule has 0 fully saturated rings. The molecule has 1 heterocycles. The third-order valence-corrected chi connectivity index (χ3v) is 5.50. The van der Waals surface area contributed by atoms with Crippen molar-refractivity contribution in [3.8, 4) is 11.6 Å². The van der Waals surface area contributed by atoms with E-state index < -0.39 is 17.0 Å². The highest BCUT2D eigenvalue weighted by molar-refractivity contribution is 5.55. The monoisotopic (exact) mass is 391 g/mol. The maximum absolute atomic E-state index is 14.7. The summed E-state index contributed by atoms with van der Waals surface area (Å²) in [7, 11) is 0. The molecule has 0 aliphatic carbocycles. The largest absolute Gasteiger partial charge is 0.436 e. The van der Waals surface area contributed by atoms with Crippen molar-refractivity contribution >= 4 is 11.4 Å². The molecule has 6 N–H and O–H groups in total. The molecule has 0 aliphatic rings. The van der Waals surface area contributed by atoms with E-state index in [1.54, 1.807) is 6.07 Å². The summed E-state index contributed by atoms with van der Waals surface area (Å²) in [5, 5.41) is 21.4. The smallest absolute Gasteiger partial charge is 0.219 e. The highest BCUT2D eigenvalue weighted by atomic mass is 19.1. The summed E-state index contributed by atoms with van der Waals surface area (Å²) in [4.78, 5) is 4.30. The number of aromatic nitrogens is 1. The zero-order chi connectivity index (χ0) is 21.1. The second kappa shape index (κ2) is 8.32. The molecule has 0 radical (unpaired) electrons. The first-order chi connectivity index (χ1) is 13.1. The van der Waals surface area contributed by atoms with Gasteiger partial charge in [-0.2, -0.15) is 0 Å². The summed E-state index contributed by atoms with van der Waals surface area (Å²) in [6, 6.07) is 5.61. The average Bonchev–Trinajstić information content (AvgIpc) is 2.70. The van der Waals surface area contributed by atoms with E-state index in [-0.39, 0.29) is 17.3 Å². The molecule has 0 aliphatic heterocycles. The molecule has 0 atom stereocenters. The van der Waals surface area contributed by atoms with E-state index in [0.717, 1.165) is 0 Å². The predicted molar refractivity (Wildman–Crippen MR) is 108 cm³/mol. The Morgan fingerprint density at radius 3 is 2.04 bits per heavy atom. The van der Waals surface area contributed by atoms with Crippen LogP contribution in [0.2, 0.25) is 0 Å². The van der Waals surface area contributed by atoms with Gasteiger partial charge in [0.1, 0.15) is 5.60 Å². The molecular weight excluding hydrogens is 361 g/mol. The molecule has 2 rings (SSSR count). The van der Waals surface area contributed by atoms with E-state index in [1.807, 2.05) is 27.7 Å². The Bertz CT molecular complexity index is 834. The van der Waals surface area contributed by atoms with Crippen molar-refractivity contribution in [3.63, 3.8) is 0 Å². The molecule has 1 aromatic heterocycles. The summed E-state index contributed by atoms with van der Waals surface area (Å²) in [6.07, 6.45) is 1.66. The van der Waals surface area contributed by atoms with Gasteiger partial charge in [-0.3, -0.25) is 0 Å². The molecule has 0 spiro atoms. The molecule has 28 heavy (non-hydrogen) atoms. The minimum absolute atomic E-state index is 0.0943. The Kier molecular flexibility index (Phi) is 6.52. The number of halogens is 1. The van der Waals surface area contributed by atoms with E-state index in [2.05, 4.69) is 4.98 Å². The highest BCUT2D eigenvalue weighted by Crippen LogP contribution is 2.38. The average molecular weight is 391 g/mol. The number of anilines is 2. The van der Waals surface area contributed by atoms with Crippen molar-refractivity contribution in [2.75, 3.05) is 11.5 Å². The number of pyridine rings is 1. The molecule has 6 nitrogen and oxygen atoms in total. The van der Waals surface area contributed by atoms with Crippen LogP contribution in [-0.2, 0) is 11.2 Å². The highest BCUT2D eigenvalue weighted by Gasteiger charge is 2.31. The second-order valence-electron chi connectivity index (χ2n) is 7.04. The summed E-state index contributed by atoms with van der Waals surface area (Å²) < 4.78 is 20.3. The van der Waals surface area contributed by atoms with Gasteiger partial charge < -0.3 is 26.4 Å². The molecular formula is C21H30FN3O3. The standard InChI is InChI=1S/C21H30FN3O3/c1-5-20(26,6-2)13-11-14(22)17(12-16(13)24)28-18-10-9-15(23)19(25-18)21(27,7-3)8-4/h9-12,26-27H,5-8,23-24H2,1-4H3. The Balaban J connectivity index is 2.43. The lowest BCUT2D eigenvalue weighted by Crippen LogP contribution is -2.26. The van der Waals surface area contributed by atoms with Gasteiger partial charge in [-0.05, 0) is 37.8 Å². The zero-order valence-electron chi connectivity index (χ0n) is 16.9. The summed E-state index contributed by atoms with van der Waals surface area (Å²) >= 11 is 0. The first-order valence-corrected chi connectivity index (χ1v) is 9.63. The molecule has 0 saturated heterocycles. The van der Waals surface area contributed by atoms with Crippen LogP contribution >= 0.6 is 0 Å². The molecule has 0 amide bonds. The van der Waals surface area contributed by atoms with Crippen LogP contribution in [0.3, 0.4) is 0 Å². The van der Waals surface area contributed by atoms with Crippen molar-refractivity contribution < 1.29 is 19.3 Å². The summed E-state index contributed by atoms with van der Waals surface area (Å²) in [5.41, 5.74) is 10.8. The van der Waals surface area contributed by atoms with Crippen LogP contribution in [-0.4, -0.2) is 15.2 Å². The molecule has 0 unspecified atom stereocenters. The van der Waals surface area contributed by atoms with Crippen LogP contribution < -0.4 is 16.2 Å². The zero-order valence-corrected chi connectivity index (χ0v) is 16.9. The lowest BCUT2D eigenvalue weighted by molar-refractivity contribution is 0.0243. The second-order valence-corrected chi connectivity index (χ2v) is 7.04. The number of ether oxygens (including phenoxy) is 1. The lowest BCUT2D eigenvalue weighted by atomic mass is 9.87. The SMILES string of the molecule is CCC(O)(CC)c1cc(F)c(Oc2ccc(N)c(C(O)(CC)CC)n2)cc1N. The number of rotatable bonds is 8. The topological polar surface area (TPSA) is 115 Å². The van der Waals surface area contributed by atoms with E-state index >= 15 is 0 Å². The van der Waals surface area contributed by atoms with Gasteiger partial charge in [0.15, 0.2) is 11.6 Å². The number of benzene rings is 1. The van der Waals surface area contributed by atoms with Gasteiger partial charge in [-0.15, -0.1) is 0 Å². The molecule has 154 valence electrons. The van der Waals surface area contributed by atoms with Crippen molar-refractivity contribution in [1.82, 2.24) is 4.98 Å². The molecule has 0 bridgehead atoms. The number of aliphatic hydroxyl groups is 2. The molecule has 1 aromatic carbocycles. The first-order valence-electron chi connectivity index (χ1n) is 9.63. The summed E-state index contributed by atoms with van der Waals surface area (Å²) in [5.74, 6) is -0.682. The number of hydrogen-bond donors (Lipinski definition) is 4. The van der Waals surface area contributed by atoms with Crippen LogP contribution in [0.15, 0.2) is 24.3 Å². The molecule has 0 saturated carbocycles. The fraction of sp³-hybridized carbons (Fsp3) is 0.476. The normalized spacial score (nSPS) is 12.2. The van der Waals surface area contributed by atoms with Crippen LogP contribution in [0.25, 0.3) is 0 Å². The van der Waals surface area contributed by atoms with Gasteiger partial charge in [-0.1, -0.05) is 27.7 Å². The van der Waals surface area contributed by atoms with Crippen LogP contribution in [0, 0.1) is 5.82 Å². The van der Waals surface area contributed by atoms with Crippen molar-refractivity contribution in [3.05, 3.63) is 41.3 Å². The number of nitrogen functional groups attached to an aromatic ring is 2. The van der Waals surface area contributed by atoms with E-state index in [4.69, 9.17) is 16.2 Å². The van der Waals surface area contributed by atoms with Crippen LogP contribution in [0.5, 0.6) is 11.6 Å². The quantitative estimate of drug-likeness (QED) is 0.502. The Labute approximate surface area is 165 Å². The van der Waals surface area contributed by atoms with Gasteiger partial charge in [-0.25, -0.2) is 9.37 Å². The van der Waals surface area contributed by atoms with E-state index in [1.165, 1.54) is 18.2 Å². The fourth-order valence-corrected chi connectivity index (χ4v) is 3.26. The van der Waals surface area contributed by atoms with Gasteiger partial charge in [0.25, 0.3) is 0 Å². The third kappa shape index (κ3) is 4.05. The van der Waals surface area contributed by atoms with Gasteiger partial charge in [0.05, 0.1) is 17.0 Å². The van der Waals surface area contributed by atoms with E-state index in [9.17, 15) is 14.6 Å². The van der Waals surface area contributed by atoms with Crippen molar-refractivity contribution in [2.45, 2.75) is 64.6 Å². The van der Waals surface area contributed by atoms with Crippen molar-refractivity contribution in [1.29, 1.82) is 0 Å². The Hall–Kier alpha value is -2.38. The summed E-state index contributed by atoms with van der Waals surface area (Å²) in [6.45, 7) is 7.29. The van der Waals surface area contributed by atoms with Gasteiger partial charge in [0.2, 0.25) is 5.88 Å². The number of nitrogens with two attached hydrogens (primary N) is 2. The van der Waals surface area contributed by atoms with Gasteiger partial charge >= 0.3 is 0 Å². The fourth-order valence-electron chi connectivity index (χ4n) is 3.26. The minimum atomic E-state index is -1.20. The minimum Gasteiger partial charge on any atom is -0.436 e. The Morgan fingerprint density at radius 2 is 1.50 bits per heavy atom. The Morgan fingerprint density at radius 1 is 0.929 bits per heavy atom. The maximum Gasteiger partial charge on any atom is 0.219 e. The predicted octanol–water partition coefficient (Wildman–Crippen LogP) is 4.19. The third-order valence-electron chi connectivity index (χ3n) is 5.50. The van der Waals surface area contributed by atoms with Crippen LogP contribution in [0.1, 0.15) is 64.6 Å². The first kappa shape index (κ1) is 21.9. The lowest BCUT2D eigenvalue weighted by Gasteiger charge is -2.28. The number of hydrogen-bond acceptors (Lipinski definition) is 6. The van der Waals surface area contributed by atoms with Crippen molar-refractivity contribution in [2.24, 2.45) is 0 Å².